The van der Waals surface area contributed by atoms with Crippen molar-refractivity contribution in [3.63, 3.8) is 0 Å². The van der Waals surface area contributed by atoms with E-state index in [1.807, 2.05) is 0 Å². The number of ether oxygens (including phenoxy) is 3. The molecule has 0 radical (unpaired) electrons. The van der Waals surface area contributed by atoms with Crippen LogP contribution in [0.2, 0.25) is 0 Å². The van der Waals surface area contributed by atoms with Gasteiger partial charge in [0.2, 0.25) is 0 Å². The predicted octanol–water partition coefficient (Wildman–Crippen LogP) is 1.92. The molecule has 22 heavy (non-hydrogen) atoms. The van der Waals surface area contributed by atoms with Crippen LogP contribution in [-0.4, -0.2) is 30.6 Å². The van der Waals surface area contributed by atoms with Gasteiger partial charge in [0.25, 0.3) is 0 Å². The van der Waals surface area contributed by atoms with Crippen LogP contribution in [0.1, 0.15) is 32.4 Å². The molecule has 0 unspecified atom stereocenters. The standard InChI is InChI=1S/C15H17FO6/c1-9(17)20-8-14(21-10(2)18)15(22-11(3)19)12-4-6-13(16)7-5-12/h4-7,14-15H,8H2,1-3H3/t14-,15-/m0/s1. The Labute approximate surface area is 127 Å². The molecule has 0 saturated carbocycles. The molecule has 0 fully saturated rings. The van der Waals surface area contributed by atoms with E-state index in [2.05, 4.69) is 0 Å². The fraction of sp³-hybridized carbons (Fsp3) is 0.400. The molecule has 0 aliphatic carbocycles. The minimum Gasteiger partial charge on any atom is -0.462 e. The normalized spacial score (nSPS) is 12.9. The third kappa shape index (κ3) is 5.90. The Morgan fingerprint density at radius 2 is 1.50 bits per heavy atom. The lowest BCUT2D eigenvalue weighted by molar-refractivity contribution is -0.173. The molecule has 1 aromatic rings. The van der Waals surface area contributed by atoms with Gasteiger partial charge in [-0.05, 0) is 17.7 Å². The van der Waals surface area contributed by atoms with E-state index in [9.17, 15) is 18.8 Å². The Balaban J connectivity index is 3.06. The minimum absolute atomic E-state index is 0.287. The second-order valence-corrected chi connectivity index (χ2v) is 4.53. The first kappa shape index (κ1) is 17.6. The minimum atomic E-state index is -1.03. The van der Waals surface area contributed by atoms with Crippen molar-refractivity contribution < 1.29 is 33.0 Å². The molecule has 0 aromatic heterocycles. The van der Waals surface area contributed by atoms with Crippen LogP contribution in [0.3, 0.4) is 0 Å². The van der Waals surface area contributed by atoms with Crippen LogP contribution >= 0.6 is 0 Å². The molecular formula is C15H17FO6. The van der Waals surface area contributed by atoms with E-state index < -0.39 is 35.9 Å². The van der Waals surface area contributed by atoms with Gasteiger partial charge < -0.3 is 14.2 Å². The SMILES string of the molecule is CC(=O)OC[C@H](OC(C)=O)[C@@H](OC(C)=O)c1ccc(F)cc1. The van der Waals surface area contributed by atoms with E-state index >= 15 is 0 Å². The maximum atomic E-state index is 13.0. The number of hydrogen-bond donors (Lipinski definition) is 0. The molecule has 2 atom stereocenters. The lowest BCUT2D eigenvalue weighted by Gasteiger charge is -2.26. The van der Waals surface area contributed by atoms with Gasteiger partial charge in [0.05, 0.1) is 0 Å². The van der Waals surface area contributed by atoms with Gasteiger partial charge in [-0.25, -0.2) is 4.39 Å². The van der Waals surface area contributed by atoms with Gasteiger partial charge in [-0.15, -0.1) is 0 Å². The summed E-state index contributed by atoms with van der Waals surface area (Å²) in [6.45, 7) is 3.28. The molecule has 0 aliphatic rings. The number of benzene rings is 1. The van der Waals surface area contributed by atoms with Crippen molar-refractivity contribution in [1.82, 2.24) is 0 Å². The number of rotatable bonds is 6. The number of hydrogen-bond acceptors (Lipinski definition) is 6. The summed E-state index contributed by atoms with van der Waals surface area (Å²) in [6.07, 6.45) is -2.04. The van der Waals surface area contributed by atoms with Gasteiger partial charge in [-0.3, -0.25) is 14.4 Å². The number of carbonyl (C=O) groups is 3. The molecule has 1 aromatic carbocycles. The van der Waals surface area contributed by atoms with Gasteiger partial charge in [0, 0.05) is 20.8 Å². The van der Waals surface area contributed by atoms with E-state index in [0.29, 0.717) is 5.56 Å². The van der Waals surface area contributed by atoms with Crippen molar-refractivity contribution in [3.05, 3.63) is 35.6 Å². The largest absolute Gasteiger partial charge is 0.462 e. The summed E-state index contributed by atoms with van der Waals surface area (Å²) in [5, 5.41) is 0. The summed E-state index contributed by atoms with van der Waals surface area (Å²) in [5.41, 5.74) is 0.412. The molecule has 0 bridgehead atoms. The summed E-state index contributed by atoms with van der Waals surface area (Å²) < 4.78 is 28.0. The zero-order chi connectivity index (χ0) is 16.7. The molecule has 7 heteroatoms. The molecule has 0 amide bonds. The van der Waals surface area contributed by atoms with Crippen molar-refractivity contribution in [2.45, 2.75) is 33.0 Å². The smallest absolute Gasteiger partial charge is 0.303 e. The molecular weight excluding hydrogens is 295 g/mol. The maximum Gasteiger partial charge on any atom is 0.303 e. The van der Waals surface area contributed by atoms with E-state index in [1.165, 1.54) is 45.0 Å². The summed E-state index contributed by atoms with van der Waals surface area (Å²) >= 11 is 0. The highest BCUT2D eigenvalue weighted by Crippen LogP contribution is 2.25. The van der Waals surface area contributed by atoms with Gasteiger partial charge in [-0.2, -0.15) is 0 Å². The average molecular weight is 312 g/mol. The average Bonchev–Trinajstić information content (AvgIpc) is 2.41. The first-order valence-corrected chi connectivity index (χ1v) is 6.53. The Bertz CT molecular complexity index is 539. The highest BCUT2D eigenvalue weighted by molar-refractivity contribution is 5.68. The Morgan fingerprint density at radius 1 is 0.955 bits per heavy atom. The molecule has 0 N–H and O–H groups in total. The lowest BCUT2D eigenvalue weighted by Crippen LogP contribution is -2.32. The maximum absolute atomic E-state index is 13.0. The van der Waals surface area contributed by atoms with Crippen LogP contribution < -0.4 is 0 Å². The number of carbonyl (C=O) groups excluding carboxylic acids is 3. The Hall–Kier alpha value is -2.44. The number of halogens is 1. The van der Waals surface area contributed by atoms with Crippen LogP contribution in [0, 0.1) is 5.82 Å². The van der Waals surface area contributed by atoms with Crippen LogP contribution in [0.5, 0.6) is 0 Å². The zero-order valence-corrected chi connectivity index (χ0v) is 12.5. The highest BCUT2D eigenvalue weighted by atomic mass is 19.1. The quantitative estimate of drug-likeness (QED) is 0.590. The first-order chi connectivity index (χ1) is 10.3. The Morgan fingerprint density at radius 3 is 1.95 bits per heavy atom. The lowest BCUT2D eigenvalue weighted by atomic mass is 10.0. The van der Waals surface area contributed by atoms with Gasteiger partial charge >= 0.3 is 17.9 Å². The fourth-order valence-electron chi connectivity index (χ4n) is 1.79. The third-order valence-corrected chi connectivity index (χ3v) is 2.60. The van der Waals surface area contributed by atoms with E-state index in [0.717, 1.165) is 0 Å². The van der Waals surface area contributed by atoms with Crippen LogP contribution in [-0.2, 0) is 28.6 Å². The van der Waals surface area contributed by atoms with Crippen LogP contribution in [0.4, 0.5) is 4.39 Å². The second-order valence-electron chi connectivity index (χ2n) is 4.53. The molecule has 120 valence electrons. The van der Waals surface area contributed by atoms with Crippen LogP contribution in [0.25, 0.3) is 0 Å². The van der Waals surface area contributed by atoms with Gasteiger partial charge in [0.1, 0.15) is 12.4 Å². The predicted molar refractivity (Wildman–Crippen MR) is 73.1 cm³/mol. The summed E-state index contributed by atoms with van der Waals surface area (Å²) in [5.74, 6) is -2.28. The fourth-order valence-corrected chi connectivity index (χ4v) is 1.79. The summed E-state index contributed by atoms with van der Waals surface area (Å²) in [6, 6.07) is 5.16. The molecule has 1 rings (SSSR count). The molecule has 0 saturated heterocycles. The second kappa shape index (κ2) is 8.11. The number of esters is 3. The van der Waals surface area contributed by atoms with Crippen molar-refractivity contribution in [2.24, 2.45) is 0 Å². The Kier molecular flexibility index (Phi) is 6.49. The van der Waals surface area contributed by atoms with Gasteiger partial charge in [-0.1, -0.05) is 12.1 Å². The van der Waals surface area contributed by atoms with E-state index in [1.54, 1.807) is 0 Å². The molecule has 0 heterocycles. The highest BCUT2D eigenvalue weighted by Gasteiger charge is 2.30. The van der Waals surface area contributed by atoms with E-state index in [-0.39, 0.29) is 6.61 Å². The first-order valence-electron chi connectivity index (χ1n) is 6.53. The molecule has 0 aliphatic heterocycles. The third-order valence-electron chi connectivity index (χ3n) is 2.60. The monoisotopic (exact) mass is 312 g/mol. The van der Waals surface area contributed by atoms with Gasteiger partial charge in [0.15, 0.2) is 12.2 Å². The van der Waals surface area contributed by atoms with E-state index in [4.69, 9.17) is 14.2 Å². The molecule has 6 nitrogen and oxygen atoms in total. The van der Waals surface area contributed by atoms with Crippen molar-refractivity contribution >= 4 is 17.9 Å². The zero-order valence-electron chi connectivity index (χ0n) is 12.5. The van der Waals surface area contributed by atoms with Crippen molar-refractivity contribution in [3.8, 4) is 0 Å². The topological polar surface area (TPSA) is 78.9 Å². The van der Waals surface area contributed by atoms with Crippen LogP contribution in [0.15, 0.2) is 24.3 Å². The summed E-state index contributed by atoms with van der Waals surface area (Å²) in [7, 11) is 0. The molecule has 0 spiro atoms. The van der Waals surface area contributed by atoms with Crippen molar-refractivity contribution in [1.29, 1.82) is 0 Å². The van der Waals surface area contributed by atoms with Crippen molar-refractivity contribution in [2.75, 3.05) is 6.61 Å². The summed E-state index contributed by atoms with van der Waals surface area (Å²) in [4.78, 5) is 33.4.